The van der Waals surface area contributed by atoms with Crippen molar-refractivity contribution in [2.45, 2.75) is 19.8 Å². The molecule has 0 aliphatic carbocycles. The molecule has 3 rings (SSSR count). The molecule has 0 atom stereocenters. The molecular weight excluding hydrogens is 407 g/mol. The molecule has 0 saturated heterocycles. The number of anilines is 2. The lowest BCUT2D eigenvalue weighted by Gasteiger charge is -2.24. The quantitative estimate of drug-likeness (QED) is 0.328. The Hall–Kier alpha value is -3.81. The maximum atomic E-state index is 15.1. The van der Waals surface area contributed by atoms with Gasteiger partial charge in [0.25, 0.3) is 0 Å². The van der Waals surface area contributed by atoms with Crippen LogP contribution in [0.4, 0.5) is 27.4 Å². The van der Waals surface area contributed by atoms with Crippen molar-refractivity contribution in [1.82, 2.24) is 14.8 Å². The standard InChI is InChI=1S/C24H27FN6O/c1-6-12-31(20-13-17(7-2)14-21(32-5)23(20)25)22-9-8-19(24(26-3)29-22)27-11-10-18-15-28-30(4)16-18/h6,8-9,11,13-16H,1,3,7,10,12H2,2,4-5H3/b27-11-. The van der Waals surface area contributed by atoms with Crippen molar-refractivity contribution in [3.05, 3.63) is 66.3 Å². The van der Waals surface area contributed by atoms with Gasteiger partial charge in [-0.3, -0.25) is 9.67 Å². The van der Waals surface area contributed by atoms with E-state index in [1.165, 1.54) is 7.11 Å². The molecule has 0 amide bonds. The summed E-state index contributed by atoms with van der Waals surface area (Å²) < 4.78 is 22.1. The fourth-order valence-corrected chi connectivity index (χ4v) is 3.26. The number of aliphatic imine (C=N–C) groups is 2. The third-order valence-corrected chi connectivity index (χ3v) is 4.89. The van der Waals surface area contributed by atoms with E-state index in [2.05, 4.69) is 33.4 Å². The summed E-state index contributed by atoms with van der Waals surface area (Å²) in [4.78, 5) is 14.8. The lowest BCUT2D eigenvalue weighted by Crippen LogP contribution is -2.20. The Labute approximate surface area is 187 Å². The molecule has 0 aliphatic rings. The van der Waals surface area contributed by atoms with Crippen molar-refractivity contribution >= 4 is 35.9 Å². The van der Waals surface area contributed by atoms with Crippen LogP contribution in [0.5, 0.6) is 5.75 Å². The number of aromatic nitrogens is 3. The van der Waals surface area contributed by atoms with Crippen LogP contribution in [0.1, 0.15) is 18.1 Å². The summed E-state index contributed by atoms with van der Waals surface area (Å²) in [5.74, 6) is 0.595. The van der Waals surface area contributed by atoms with E-state index in [1.807, 2.05) is 20.2 Å². The summed E-state index contributed by atoms with van der Waals surface area (Å²) in [6.45, 7) is 9.78. The molecule has 7 nitrogen and oxygen atoms in total. The van der Waals surface area contributed by atoms with Crippen molar-refractivity contribution in [2.75, 3.05) is 18.6 Å². The summed E-state index contributed by atoms with van der Waals surface area (Å²) in [5, 5.41) is 4.15. The van der Waals surface area contributed by atoms with E-state index in [9.17, 15) is 0 Å². The summed E-state index contributed by atoms with van der Waals surface area (Å²) in [6, 6.07) is 7.07. The number of hydrogen-bond donors (Lipinski definition) is 0. The molecule has 0 aliphatic heterocycles. The van der Waals surface area contributed by atoms with Gasteiger partial charge in [0.2, 0.25) is 0 Å². The minimum Gasteiger partial charge on any atom is -0.494 e. The third-order valence-electron chi connectivity index (χ3n) is 4.89. The van der Waals surface area contributed by atoms with Gasteiger partial charge < -0.3 is 9.64 Å². The minimum absolute atomic E-state index is 0.187. The van der Waals surface area contributed by atoms with E-state index in [0.717, 1.165) is 17.5 Å². The number of rotatable bonds is 10. The van der Waals surface area contributed by atoms with Gasteiger partial charge in [-0.1, -0.05) is 13.0 Å². The molecular formula is C24H27FN6O. The number of benzene rings is 1. The molecule has 8 heteroatoms. The Bertz CT molecular complexity index is 1140. The zero-order valence-electron chi connectivity index (χ0n) is 18.6. The van der Waals surface area contributed by atoms with E-state index in [0.29, 0.717) is 36.0 Å². The highest BCUT2D eigenvalue weighted by atomic mass is 19.1. The molecule has 0 N–H and O–H groups in total. The lowest BCUT2D eigenvalue weighted by molar-refractivity contribution is 0.386. The first-order valence-corrected chi connectivity index (χ1v) is 10.2. The van der Waals surface area contributed by atoms with Crippen LogP contribution in [-0.4, -0.2) is 41.4 Å². The summed E-state index contributed by atoms with van der Waals surface area (Å²) >= 11 is 0. The molecule has 0 unspecified atom stereocenters. The number of hydrogen-bond acceptors (Lipinski definition) is 6. The molecule has 0 bridgehead atoms. The third kappa shape index (κ3) is 5.08. The molecule has 2 heterocycles. The molecule has 2 aromatic heterocycles. The van der Waals surface area contributed by atoms with Crippen LogP contribution in [0, 0.1) is 5.82 Å². The highest BCUT2D eigenvalue weighted by Gasteiger charge is 2.19. The highest BCUT2D eigenvalue weighted by molar-refractivity contribution is 5.74. The van der Waals surface area contributed by atoms with Gasteiger partial charge in [0, 0.05) is 32.4 Å². The van der Waals surface area contributed by atoms with Crippen LogP contribution in [0.15, 0.2) is 59.3 Å². The van der Waals surface area contributed by atoms with Gasteiger partial charge in [0.15, 0.2) is 17.4 Å². The van der Waals surface area contributed by atoms with Gasteiger partial charge in [-0.15, -0.1) is 6.58 Å². The highest BCUT2D eigenvalue weighted by Crippen LogP contribution is 2.36. The van der Waals surface area contributed by atoms with E-state index in [-0.39, 0.29) is 5.75 Å². The first kappa shape index (κ1) is 22.9. The number of methoxy groups -OCH3 is 1. The van der Waals surface area contributed by atoms with E-state index in [4.69, 9.17) is 4.74 Å². The largest absolute Gasteiger partial charge is 0.494 e. The maximum Gasteiger partial charge on any atom is 0.188 e. The molecule has 32 heavy (non-hydrogen) atoms. The lowest BCUT2D eigenvalue weighted by atomic mass is 10.1. The van der Waals surface area contributed by atoms with Crippen molar-refractivity contribution in [2.24, 2.45) is 17.0 Å². The zero-order valence-corrected chi connectivity index (χ0v) is 18.6. The molecule has 166 valence electrons. The molecule has 0 spiro atoms. The average Bonchev–Trinajstić information content (AvgIpc) is 3.23. The summed E-state index contributed by atoms with van der Waals surface area (Å²) in [5.41, 5.74) is 2.93. The predicted molar refractivity (Wildman–Crippen MR) is 128 cm³/mol. The van der Waals surface area contributed by atoms with Crippen LogP contribution < -0.4 is 9.64 Å². The van der Waals surface area contributed by atoms with Crippen LogP contribution in [0.3, 0.4) is 0 Å². The van der Waals surface area contributed by atoms with Gasteiger partial charge in [-0.25, -0.2) is 14.4 Å². The summed E-state index contributed by atoms with van der Waals surface area (Å²) in [7, 11) is 3.32. The van der Waals surface area contributed by atoms with Crippen LogP contribution in [-0.2, 0) is 19.9 Å². The predicted octanol–water partition coefficient (Wildman–Crippen LogP) is 5.13. The number of nitrogens with zero attached hydrogens (tertiary/aromatic N) is 6. The van der Waals surface area contributed by atoms with Crippen molar-refractivity contribution in [3.8, 4) is 5.75 Å². The van der Waals surface area contributed by atoms with Gasteiger partial charge in [-0.05, 0) is 48.5 Å². The molecule has 0 saturated carbocycles. The fourth-order valence-electron chi connectivity index (χ4n) is 3.26. The normalized spacial score (nSPS) is 11.0. The Morgan fingerprint density at radius 2 is 2.09 bits per heavy atom. The fraction of sp³-hybridized carbons (Fsp3) is 0.250. The summed E-state index contributed by atoms with van der Waals surface area (Å²) in [6.07, 6.45) is 8.56. The smallest absolute Gasteiger partial charge is 0.188 e. The van der Waals surface area contributed by atoms with Gasteiger partial charge in [-0.2, -0.15) is 5.10 Å². The number of pyridine rings is 1. The SMILES string of the molecule is C=CCN(c1ccc(/N=C\Cc2cnn(C)c2)c(N=C)n1)c1cc(CC)cc(OC)c1F. The zero-order chi connectivity index (χ0) is 23.1. The minimum atomic E-state index is -0.458. The van der Waals surface area contributed by atoms with Gasteiger partial charge >= 0.3 is 0 Å². The molecule has 0 radical (unpaired) electrons. The first-order valence-electron chi connectivity index (χ1n) is 10.2. The molecule has 1 aromatic carbocycles. The van der Waals surface area contributed by atoms with Gasteiger partial charge in [0.1, 0.15) is 11.5 Å². The van der Waals surface area contributed by atoms with Crippen molar-refractivity contribution in [1.29, 1.82) is 0 Å². The second-order valence-corrected chi connectivity index (χ2v) is 7.09. The second-order valence-electron chi connectivity index (χ2n) is 7.09. The van der Waals surface area contributed by atoms with Crippen molar-refractivity contribution < 1.29 is 9.13 Å². The number of aryl methyl sites for hydroxylation is 2. The van der Waals surface area contributed by atoms with Crippen molar-refractivity contribution in [3.63, 3.8) is 0 Å². The Balaban J connectivity index is 1.96. The number of ether oxygens (including phenoxy) is 1. The monoisotopic (exact) mass is 434 g/mol. The van der Waals surface area contributed by atoms with Gasteiger partial charge in [0.05, 0.1) is 19.0 Å². The Kier molecular flexibility index (Phi) is 7.49. The topological polar surface area (TPSA) is 67.9 Å². The first-order chi connectivity index (χ1) is 15.5. The second kappa shape index (κ2) is 10.5. The van der Waals surface area contributed by atoms with E-state index >= 15 is 4.39 Å². The number of halogens is 1. The van der Waals surface area contributed by atoms with Crippen LogP contribution in [0.25, 0.3) is 0 Å². The average molecular weight is 435 g/mol. The Morgan fingerprint density at radius 3 is 2.72 bits per heavy atom. The molecule has 0 fully saturated rings. The van der Waals surface area contributed by atoms with Crippen LogP contribution in [0.2, 0.25) is 0 Å². The van der Waals surface area contributed by atoms with E-state index < -0.39 is 5.82 Å². The molecule has 3 aromatic rings. The maximum absolute atomic E-state index is 15.1. The van der Waals surface area contributed by atoms with E-state index in [1.54, 1.807) is 52.3 Å². The van der Waals surface area contributed by atoms with Crippen LogP contribution >= 0.6 is 0 Å². The Morgan fingerprint density at radius 1 is 1.28 bits per heavy atom.